The second-order valence-corrected chi connectivity index (χ2v) is 8.00. The molecule has 2 rings (SSSR count). The van der Waals surface area contributed by atoms with Gasteiger partial charge in [0.2, 0.25) is 10.0 Å². The average Bonchev–Trinajstić information content (AvgIpc) is 2.64. The van der Waals surface area contributed by atoms with Crippen LogP contribution >= 0.6 is 0 Å². The van der Waals surface area contributed by atoms with Gasteiger partial charge in [-0.3, -0.25) is 0 Å². The molecule has 0 unspecified atom stereocenters. The molecule has 0 aliphatic carbocycles. The van der Waals surface area contributed by atoms with Crippen molar-refractivity contribution in [2.24, 2.45) is 0 Å². The highest BCUT2D eigenvalue weighted by Gasteiger charge is 2.22. The minimum atomic E-state index is -3.74. The number of aliphatic hydroxyl groups is 1. The lowest BCUT2D eigenvalue weighted by atomic mass is 10.1. The smallest absolute Gasteiger partial charge is 0.340 e. The van der Waals surface area contributed by atoms with Crippen LogP contribution < -0.4 is 5.32 Å². The van der Waals surface area contributed by atoms with Crippen molar-refractivity contribution in [1.29, 1.82) is 0 Å². The summed E-state index contributed by atoms with van der Waals surface area (Å²) in [5, 5.41) is 11.8. The molecule has 0 aliphatic heterocycles. The maximum atomic E-state index is 13.2. The van der Waals surface area contributed by atoms with Crippen LogP contribution in [0.2, 0.25) is 0 Å². The number of nitrogens with one attached hydrogen (secondary N) is 1. The molecule has 2 aromatic carbocycles. The quantitative estimate of drug-likeness (QED) is 0.661. The van der Waals surface area contributed by atoms with Crippen molar-refractivity contribution < 1.29 is 27.4 Å². The number of benzene rings is 2. The minimum absolute atomic E-state index is 0.00257. The number of nitrogens with zero attached hydrogens (tertiary/aromatic N) is 1. The summed E-state index contributed by atoms with van der Waals surface area (Å²) in [6.07, 6.45) is 0. The summed E-state index contributed by atoms with van der Waals surface area (Å²) in [5.74, 6) is -1.22. The third kappa shape index (κ3) is 5.25. The summed E-state index contributed by atoms with van der Waals surface area (Å²) in [6.45, 7) is -0.166. The molecule has 0 saturated carbocycles. The Hall–Kier alpha value is -2.49. The lowest BCUT2D eigenvalue weighted by molar-refractivity contribution is 0.0473. The summed E-state index contributed by atoms with van der Waals surface area (Å²) in [4.78, 5) is 12.4. The van der Waals surface area contributed by atoms with Crippen LogP contribution in [0.25, 0.3) is 0 Å². The van der Waals surface area contributed by atoms with Crippen molar-refractivity contribution in [2.75, 3.05) is 32.6 Å². The highest BCUT2D eigenvalue weighted by atomic mass is 32.2. The van der Waals surface area contributed by atoms with Crippen molar-refractivity contribution in [3.05, 3.63) is 59.4 Å². The van der Waals surface area contributed by atoms with Crippen LogP contribution in [0.1, 0.15) is 15.9 Å². The molecule has 2 aromatic rings. The van der Waals surface area contributed by atoms with E-state index in [4.69, 9.17) is 9.84 Å². The van der Waals surface area contributed by atoms with Gasteiger partial charge in [0, 0.05) is 26.3 Å². The van der Waals surface area contributed by atoms with Crippen LogP contribution in [0.3, 0.4) is 0 Å². The molecule has 0 bridgehead atoms. The van der Waals surface area contributed by atoms with E-state index < -0.39 is 21.8 Å². The van der Waals surface area contributed by atoms with Gasteiger partial charge in [-0.2, -0.15) is 0 Å². The monoisotopic (exact) mass is 396 g/mol. The van der Waals surface area contributed by atoms with Gasteiger partial charge in [0.25, 0.3) is 0 Å². The first-order chi connectivity index (χ1) is 12.8. The Labute approximate surface area is 157 Å². The largest absolute Gasteiger partial charge is 0.457 e. The molecule has 0 fully saturated rings. The third-order valence-corrected chi connectivity index (χ3v) is 5.49. The zero-order chi connectivity index (χ0) is 20.0. The number of carbonyl (C=O) groups excluding carboxylic acids is 1. The number of ether oxygens (including phenoxy) is 1. The maximum absolute atomic E-state index is 13.2. The average molecular weight is 396 g/mol. The third-order valence-electron chi connectivity index (χ3n) is 3.68. The number of sulfonamides is 1. The van der Waals surface area contributed by atoms with E-state index >= 15 is 0 Å². The molecule has 0 spiro atoms. The number of esters is 1. The zero-order valence-electron chi connectivity index (χ0n) is 15.0. The molecular formula is C18H21FN2O5S. The van der Waals surface area contributed by atoms with Gasteiger partial charge >= 0.3 is 5.97 Å². The van der Waals surface area contributed by atoms with Crippen LogP contribution in [0, 0.1) is 5.82 Å². The Morgan fingerprint density at radius 3 is 2.59 bits per heavy atom. The second kappa shape index (κ2) is 8.94. The SMILES string of the molecule is CN(C)S(=O)(=O)c1ccc(NCCO)c(C(=O)OCc2cccc(F)c2)c1. The fraction of sp³-hybridized carbons (Fsp3) is 0.278. The predicted octanol–water partition coefficient (Wildman–Crippen LogP) is 1.84. The standard InChI is InChI=1S/C18H21FN2O5S/c1-21(2)27(24,25)15-6-7-17(20-8-9-22)16(11-15)18(23)26-12-13-4-3-5-14(19)10-13/h3-7,10-11,20,22H,8-9,12H2,1-2H3. The molecule has 27 heavy (non-hydrogen) atoms. The zero-order valence-corrected chi connectivity index (χ0v) is 15.8. The van der Waals surface area contributed by atoms with Gasteiger partial charge in [0.05, 0.1) is 17.1 Å². The molecule has 0 aliphatic rings. The summed E-state index contributed by atoms with van der Waals surface area (Å²) in [6, 6.07) is 9.63. The Balaban J connectivity index is 2.31. The lowest BCUT2D eigenvalue weighted by Gasteiger charge is -2.15. The molecule has 7 nitrogen and oxygen atoms in total. The summed E-state index contributed by atoms with van der Waals surface area (Å²) in [5.41, 5.74) is 0.791. The van der Waals surface area contributed by atoms with Gasteiger partial charge in [-0.15, -0.1) is 0 Å². The molecule has 146 valence electrons. The first kappa shape index (κ1) is 20.8. The maximum Gasteiger partial charge on any atom is 0.340 e. The Morgan fingerprint density at radius 1 is 1.22 bits per heavy atom. The molecule has 0 atom stereocenters. The van der Waals surface area contributed by atoms with Gasteiger partial charge in [0.1, 0.15) is 12.4 Å². The van der Waals surface area contributed by atoms with E-state index in [1.165, 1.54) is 50.5 Å². The van der Waals surface area contributed by atoms with Crippen LogP contribution in [0.15, 0.2) is 47.4 Å². The van der Waals surface area contributed by atoms with Crippen molar-refractivity contribution in [2.45, 2.75) is 11.5 Å². The highest BCUT2D eigenvalue weighted by molar-refractivity contribution is 7.89. The molecule has 0 heterocycles. The molecule has 9 heteroatoms. The first-order valence-electron chi connectivity index (χ1n) is 8.08. The number of halogens is 1. The second-order valence-electron chi connectivity index (χ2n) is 5.85. The highest BCUT2D eigenvalue weighted by Crippen LogP contribution is 2.23. The molecule has 2 N–H and O–H groups in total. The number of anilines is 1. The number of hydrogen-bond acceptors (Lipinski definition) is 6. The normalized spacial score (nSPS) is 11.4. The van der Waals surface area contributed by atoms with Gasteiger partial charge in [-0.05, 0) is 35.9 Å². The van der Waals surface area contributed by atoms with Gasteiger partial charge in [0.15, 0.2) is 0 Å². The van der Waals surface area contributed by atoms with E-state index in [9.17, 15) is 17.6 Å². The van der Waals surface area contributed by atoms with Gasteiger partial charge in [-0.25, -0.2) is 21.9 Å². The molecular weight excluding hydrogens is 375 g/mol. The summed E-state index contributed by atoms with van der Waals surface area (Å²) >= 11 is 0. The Kier molecular flexibility index (Phi) is 6.89. The predicted molar refractivity (Wildman–Crippen MR) is 98.4 cm³/mol. The fourth-order valence-electron chi connectivity index (χ4n) is 2.26. The van der Waals surface area contributed by atoms with E-state index in [2.05, 4.69) is 5.32 Å². The molecule has 0 radical (unpaired) electrons. The van der Waals surface area contributed by atoms with E-state index in [1.807, 2.05) is 0 Å². The molecule has 0 saturated heterocycles. The fourth-order valence-corrected chi connectivity index (χ4v) is 3.19. The van der Waals surface area contributed by atoms with Crippen molar-refractivity contribution >= 4 is 21.7 Å². The van der Waals surface area contributed by atoms with Crippen molar-refractivity contribution in [3.63, 3.8) is 0 Å². The topological polar surface area (TPSA) is 95.9 Å². The van der Waals surface area contributed by atoms with Gasteiger partial charge < -0.3 is 15.2 Å². The molecule has 0 aromatic heterocycles. The van der Waals surface area contributed by atoms with Crippen LogP contribution in [-0.2, 0) is 21.4 Å². The van der Waals surface area contributed by atoms with Crippen molar-refractivity contribution in [1.82, 2.24) is 4.31 Å². The Morgan fingerprint density at radius 2 is 1.96 bits per heavy atom. The van der Waals surface area contributed by atoms with Gasteiger partial charge in [-0.1, -0.05) is 12.1 Å². The van der Waals surface area contributed by atoms with Crippen LogP contribution in [0.4, 0.5) is 10.1 Å². The Bertz CT molecular complexity index is 916. The van der Waals surface area contributed by atoms with Crippen LogP contribution in [-0.4, -0.2) is 51.0 Å². The number of aliphatic hydroxyl groups excluding tert-OH is 1. The first-order valence-corrected chi connectivity index (χ1v) is 9.52. The minimum Gasteiger partial charge on any atom is -0.457 e. The molecule has 0 amide bonds. The lowest BCUT2D eigenvalue weighted by Crippen LogP contribution is -2.23. The van der Waals surface area contributed by atoms with E-state index in [0.717, 1.165) is 4.31 Å². The number of carbonyl (C=O) groups is 1. The number of hydrogen-bond donors (Lipinski definition) is 2. The van der Waals surface area contributed by atoms with E-state index in [0.29, 0.717) is 11.3 Å². The van der Waals surface area contributed by atoms with E-state index in [1.54, 1.807) is 6.07 Å². The number of rotatable bonds is 8. The van der Waals surface area contributed by atoms with Crippen molar-refractivity contribution in [3.8, 4) is 0 Å². The summed E-state index contributed by atoms with van der Waals surface area (Å²) < 4.78 is 44.1. The summed E-state index contributed by atoms with van der Waals surface area (Å²) in [7, 11) is -0.976. The van der Waals surface area contributed by atoms with E-state index in [-0.39, 0.29) is 30.2 Å². The van der Waals surface area contributed by atoms with Crippen LogP contribution in [0.5, 0.6) is 0 Å².